The zero-order chi connectivity index (χ0) is 13.8. The number of nitrogens with one attached hydrogen (secondary N) is 1. The van der Waals surface area contributed by atoms with Gasteiger partial charge in [0.25, 0.3) is 0 Å². The fourth-order valence-electron chi connectivity index (χ4n) is 2.04. The summed E-state index contributed by atoms with van der Waals surface area (Å²) in [4.78, 5) is 26.8. The normalized spacial score (nSPS) is 17.7. The van der Waals surface area contributed by atoms with E-state index in [2.05, 4.69) is 31.0 Å². The number of amides is 2. The maximum atomic E-state index is 11.8. The number of hydrogen-bond donors (Lipinski definition) is 1. The first-order chi connectivity index (χ1) is 8.30. The molecule has 0 spiro atoms. The lowest BCUT2D eigenvalue weighted by Gasteiger charge is -2.42. The number of piperazine rings is 1. The number of rotatable bonds is 3. The number of ketones is 1. The molecule has 1 aliphatic heterocycles. The van der Waals surface area contributed by atoms with Crippen molar-refractivity contribution in [1.29, 1.82) is 0 Å². The van der Waals surface area contributed by atoms with Crippen LogP contribution in [0.4, 0.5) is 4.79 Å². The first kappa shape index (κ1) is 15.0. The van der Waals surface area contributed by atoms with Gasteiger partial charge in [-0.1, -0.05) is 0 Å². The summed E-state index contributed by atoms with van der Waals surface area (Å²) in [5, 5.41) is 2.78. The number of carbonyl (C=O) groups excluding carboxylic acids is 2. The number of urea groups is 1. The average Bonchev–Trinajstić information content (AvgIpc) is 2.27. The molecule has 0 aliphatic carbocycles. The third-order valence-corrected chi connectivity index (χ3v) is 3.27. The zero-order valence-corrected chi connectivity index (χ0v) is 12.0. The van der Waals surface area contributed by atoms with E-state index in [-0.39, 0.29) is 17.4 Å². The quantitative estimate of drug-likeness (QED) is 0.821. The molecular weight excluding hydrogens is 230 g/mol. The summed E-state index contributed by atoms with van der Waals surface area (Å²) in [6.45, 7) is 11.9. The van der Waals surface area contributed by atoms with Crippen molar-refractivity contribution in [3.05, 3.63) is 0 Å². The van der Waals surface area contributed by atoms with Crippen LogP contribution in [0.5, 0.6) is 0 Å². The van der Waals surface area contributed by atoms with Crippen molar-refractivity contribution < 1.29 is 9.59 Å². The molecule has 0 radical (unpaired) electrons. The predicted octanol–water partition coefficient (Wildman–Crippen LogP) is 1.09. The second kappa shape index (κ2) is 6.18. The standard InChI is InChI=1S/C13H25N3O2/c1-11(17)5-6-14-12(18)15-7-9-16(10-8-15)13(2,3)4/h5-10H2,1-4H3,(H,14,18). The summed E-state index contributed by atoms with van der Waals surface area (Å²) < 4.78 is 0. The van der Waals surface area contributed by atoms with Gasteiger partial charge in [-0.15, -0.1) is 0 Å². The van der Waals surface area contributed by atoms with Crippen LogP contribution in [0.25, 0.3) is 0 Å². The molecule has 0 unspecified atom stereocenters. The summed E-state index contributed by atoms with van der Waals surface area (Å²) >= 11 is 0. The molecule has 104 valence electrons. The van der Waals surface area contributed by atoms with Crippen LogP contribution >= 0.6 is 0 Å². The van der Waals surface area contributed by atoms with Gasteiger partial charge in [0.2, 0.25) is 0 Å². The molecule has 1 saturated heterocycles. The first-order valence-corrected chi connectivity index (χ1v) is 6.58. The second-order valence-corrected chi connectivity index (χ2v) is 5.83. The number of hydrogen-bond acceptors (Lipinski definition) is 3. The fourth-order valence-corrected chi connectivity index (χ4v) is 2.04. The number of carbonyl (C=O) groups is 2. The smallest absolute Gasteiger partial charge is 0.317 e. The zero-order valence-electron chi connectivity index (χ0n) is 12.0. The highest BCUT2D eigenvalue weighted by molar-refractivity contribution is 5.78. The highest BCUT2D eigenvalue weighted by Crippen LogP contribution is 2.15. The highest BCUT2D eigenvalue weighted by atomic mass is 16.2. The molecule has 5 heteroatoms. The van der Waals surface area contributed by atoms with E-state index in [0.29, 0.717) is 13.0 Å². The average molecular weight is 255 g/mol. The minimum atomic E-state index is -0.0511. The van der Waals surface area contributed by atoms with Crippen LogP contribution in [0.3, 0.4) is 0 Å². The maximum absolute atomic E-state index is 11.8. The van der Waals surface area contributed by atoms with Crippen LogP contribution in [0.15, 0.2) is 0 Å². The van der Waals surface area contributed by atoms with Gasteiger partial charge < -0.3 is 10.2 Å². The molecule has 18 heavy (non-hydrogen) atoms. The maximum Gasteiger partial charge on any atom is 0.317 e. The Morgan fingerprint density at radius 3 is 2.11 bits per heavy atom. The Balaban J connectivity index is 2.30. The molecule has 0 aromatic heterocycles. The molecule has 0 aromatic rings. The molecule has 0 aromatic carbocycles. The van der Waals surface area contributed by atoms with Crippen LogP contribution < -0.4 is 5.32 Å². The van der Waals surface area contributed by atoms with Gasteiger partial charge in [0.05, 0.1) is 0 Å². The summed E-state index contributed by atoms with van der Waals surface area (Å²) in [7, 11) is 0. The Bertz CT molecular complexity index is 302. The minimum absolute atomic E-state index is 0.0511. The van der Waals surface area contributed by atoms with E-state index in [1.165, 1.54) is 6.92 Å². The molecule has 0 bridgehead atoms. The van der Waals surface area contributed by atoms with Gasteiger partial charge in [-0.05, 0) is 27.7 Å². The Morgan fingerprint density at radius 2 is 1.67 bits per heavy atom. The molecule has 1 fully saturated rings. The van der Waals surface area contributed by atoms with Crippen LogP contribution in [0, 0.1) is 0 Å². The third kappa shape index (κ3) is 4.64. The topological polar surface area (TPSA) is 52.7 Å². The minimum Gasteiger partial charge on any atom is -0.338 e. The molecule has 0 saturated carbocycles. The van der Waals surface area contributed by atoms with Crippen molar-refractivity contribution in [2.24, 2.45) is 0 Å². The van der Waals surface area contributed by atoms with Crippen LogP contribution in [-0.2, 0) is 4.79 Å². The van der Waals surface area contributed by atoms with E-state index in [4.69, 9.17) is 0 Å². The van der Waals surface area contributed by atoms with Crippen molar-refractivity contribution >= 4 is 11.8 Å². The Kier molecular flexibility index (Phi) is 5.14. The van der Waals surface area contributed by atoms with Crippen molar-refractivity contribution in [2.45, 2.75) is 39.7 Å². The largest absolute Gasteiger partial charge is 0.338 e. The van der Waals surface area contributed by atoms with Gasteiger partial charge in [-0.3, -0.25) is 9.69 Å². The van der Waals surface area contributed by atoms with Gasteiger partial charge in [0, 0.05) is 44.7 Å². The monoisotopic (exact) mass is 255 g/mol. The van der Waals surface area contributed by atoms with Crippen molar-refractivity contribution in [3.8, 4) is 0 Å². The van der Waals surface area contributed by atoms with Crippen LogP contribution in [-0.4, -0.2) is 59.9 Å². The Morgan fingerprint density at radius 1 is 1.11 bits per heavy atom. The lowest BCUT2D eigenvalue weighted by atomic mass is 10.1. The molecule has 1 aliphatic rings. The fraction of sp³-hybridized carbons (Fsp3) is 0.846. The molecular formula is C13H25N3O2. The summed E-state index contributed by atoms with van der Waals surface area (Å²) in [5.41, 5.74) is 0.164. The molecule has 1 heterocycles. The van der Waals surface area contributed by atoms with E-state index >= 15 is 0 Å². The van der Waals surface area contributed by atoms with E-state index in [9.17, 15) is 9.59 Å². The highest BCUT2D eigenvalue weighted by Gasteiger charge is 2.27. The lowest BCUT2D eigenvalue weighted by Crippen LogP contribution is -2.56. The Hall–Kier alpha value is -1.10. The lowest BCUT2D eigenvalue weighted by molar-refractivity contribution is -0.116. The summed E-state index contributed by atoms with van der Waals surface area (Å²) in [5.74, 6) is 0.104. The molecule has 1 rings (SSSR count). The van der Waals surface area contributed by atoms with Crippen molar-refractivity contribution in [2.75, 3.05) is 32.7 Å². The van der Waals surface area contributed by atoms with E-state index < -0.39 is 0 Å². The van der Waals surface area contributed by atoms with E-state index in [0.717, 1.165) is 26.2 Å². The second-order valence-electron chi connectivity index (χ2n) is 5.83. The van der Waals surface area contributed by atoms with Gasteiger partial charge in [-0.2, -0.15) is 0 Å². The van der Waals surface area contributed by atoms with Gasteiger partial charge in [-0.25, -0.2) is 4.79 Å². The van der Waals surface area contributed by atoms with E-state index in [1.807, 2.05) is 4.90 Å². The Labute approximate surface area is 110 Å². The van der Waals surface area contributed by atoms with Gasteiger partial charge in [0.1, 0.15) is 5.78 Å². The summed E-state index contributed by atoms with van der Waals surface area (Å²) in [6.07, 6.45) is 0.410. The van der Waals surface area contributed by atoms with Crippen molar-refractivity contribution in [3.63, 3.8) is 0 Å². The molecule has 1 N–H and O–H groups in total. The van der Waals surface area contributed by atoms with Crippen LogP contribution in [0.2, 0.25) is 0 Å². The molecule has 0 atom stereocenters. The number of Topliss-reactive ketones (excluding diaryl/α,β-unsaturated/α-hetero) is 1. The summed E-state index contributed by atoms with van der Waals surface area (Å²) in [6, 6.07) is -0.0511. The molecule has 2 amide bonds. The first-order valence-electron chi connectivity index (χ1n) is 6.58. The SMILES string of the molecule is CC(=O)CCNC(=O)N1CCN(C(C)(C)C)CC1. The van der Waals surface area contributed by atoms with E-state index in [1.54, 1.807) is 0 Å². The number of nitrogens with zero attached hydrogens (tertiary/aromatic N) is 2. The van der Waals surface area contributed by atoms with Gasteiger partial charge >= 0.3 is 6.03 Å². The third-order valence-electron chi connectivity index (χ3n) is 3.27. The predicted molar refractivity (Wildman–Crippen MR) is 71.6 cm³/mol. The van der Waals surface area contributed by atoms with Gasteiger partial charge in [0.15, 0.2) is 0 Å². The van der Waals surface area contributed by atoms with Crippen LogP contribution in [0.1, 0.15) is 34.1 Å². The molecule has 5 nitrogen and oxygen atoms in total. The van der Waals surface area contributed by atoms with Crippen molar-refractivity contribution in [1.82, 2.24) is 15.1 Å².